The highest BCUT2D eigenvalue weighted by molar-refractivity contribution is 7.10. The largest absolute Gasteiger partial charge is 0.385 e. The third-order valence-electron chi connectivity index (χ3n) is 5.60. The Kier molecular flexibility index (Phi) is 8.46. The number of benzene rings is 1. The van der Waals surface area contributed by atoms with Crippen LogP contribution in [0, 0.1) is 0 Å². The van der Waals surface area contributed by atoms with Crippen LogP contribution in [0.1, 0.15) is 54.7 Å². The second-order valence-electron chi connectivity index (χ2n) is 7.71. The van der Waals surface area contributed by atoms with Gasteiger partial charge in [-0.2, -0.15) is 0 Å². The molecule has 1 atom stereocenters. The second-order valence-corrected chi connectivity index (χ2v) is 8.72. The Morgan fingerprint density at radius 2 is 2.00 bits per heavy atom. The summed E-state index contributed by atoms with van der Waals surface area (Å²) in [6, 6.07) is 12.3. The zero-order chi connectivity index (χ0) is 21.3. The van der Waals surface area contributed by atoms with Gasteiger partial charge >= 0.3 is 0 Å². The third-order valence-corrected chi connectivity index (χ3v) is 6.60. The van der Waals surface area contributed by atoms with Crippen molar-refractivity contribution >= 4 is 23.2 Å². The molecule has 0 radical (unpaired) electrons. The zero-order valence-electron chi connectivity index (χ0n) is 18.0. The van der Waals surface area contributed by atoms with Crippen LogP contribution < -0.4 is 0 Å². The number of carbonyl (C=O) groups is 2. The van der Waals surface area contributed by atoms with E-state index >= 15 is 0 Å². The van der Waals surface area contributed by atoms with E-state index in [4.69, 9.17) is 4.74 Å². The summed E-state index contributed by atoms with van der Waals surface area (Å²) >= 11 is 1.76. The summed E-state index contributed by atoms with van der Waals surface area (Å²) in [6.45, 7) is 4.02. The smallest absolute Gasteiger partial charge is 0.242 e. The van der Waals surface area contributed by atoms with Gasteiger partial charge in [0.05, 0.1) is 12.6 Å². The number of hydrogen-bond acceptors (Lipinski definition) is 4. The Labute approximate surface area is 183 Å². The lowest BCUT2D eigenvalue weighted by molar-refractivity contribution is -0.142. The fourth-order valence-electron chi connectivity index (χ4n) is 4.01. The molecule has 0 N–H and O–H groups in total. The molecule has 2 aromatic rings. The molecule has 162 valence electrons. The number of amides is 2. The van der Waals surface area contributed by atoms with Crippen LogP contribution in [-0.4, -0.2) is 55.0 Å². The van der Waals surface area contributed by atoms with Gasteiger partial charge in [-0.3, -0.25) is 9.59 Å². The molecule has 0 saturated heterocycles. The fraction of sp³-hybridized carbons (Fsp3) is 0.500. The van der Waals surface area contributed by atoms with E-state index in [9.17, 15) is 9.59 Å². The number of thiophene rings is 1. The minimum atomic E-state index is -0.0831. The van der Waals surface area contributed by atoms with Crippen molar-refractivity contribution in [2.75, 3.05) is 33.4 Å². The Hall–Kier alpha value is -2.18. The summed E-state index contributed by atoms with van der Waals surface area (Å²) in [5, 5.41) is 2.11. The standard InChI is InChI=1S/C24H32N2O3S/c1-3-4-11-22(27)25(14-8-16-29-2)18-23(28)26-15-12-21-20(13-17-30-21)24(26)19-9-6-5-7-10-19/h5-7,9-10,13,17,24H,3-4,8,11-12,14-16,18H2,1-2H3/t24-/m1/s1. The van der Waals surface area contributed by atoms with Crippen LogP contribution in [0.15, 0.2) is 41.8 Å². The molecule has 0 bridgehead atoms. The molecular formula is C24H32N2O3S. The fourth-order valence-corrected chi connectivity index (χ4v) is 4.92. The van der Waals surface area contributed by atoms with Gasteiger partial charge in [-0.15, -0.1) is 11.3 Å². The molecule has 5 nitrogen and oxygen atoms in total. The molecule has 2 amide bonds. The van der Waals surface area contributed by atoms with Crippen molar-refractivity contribution < 1.29 is 14.3 Å². The lowest BCUT2D eigenvalue weighted by Gasteiger charge is -2.37. The number of nitrogens with zero attached hydrogens (tertiary/aromatic N) is 2. The van der Waals surface area contributed by atoms with Crippen molar-refractivity contribution in [1.29, 1.82) is 0 Å². The van der Waals surface area contributed by atoms with Gasteiger partial charge in [-0.25, -0.2) is 0 Å². The highest BCUT2D eigenvalue weighted by Crippen LogP contribution is 2.37. The number of fused-ring (bicyclic) bond motifs is 1. The molecule has 0 fully saturated rings. The van der Waals surface area contributed by atoms with Crippen LogP contribution >= 0.6 is 11.3 Å². The Bertz CT molecular complexity index is 821. The van der Waals surface area contributed by atoms with Crippen molar-refractivity contribution in [3.05, 3.63) is 57.8 Å². The molecule has 1 aromatic carbocycles. The number of hydrogen-bond donors (Lipinski definition) is 0. The summed E-state index contributed by atoms with van der Waals surface area (Å²) in [5.74, 6) is 0.0776. The van der Waals surface area contributed by atoms with Gasteiger partial charge in [-0.05, 0) is 41.8 Å². The van der Waals surface area contributed by atoms with E-state index < -0.39 is 0 Å². The minimum Gasteiger partial charge on any atom is -0.385 e. The van der Waals surface area contributed by atoms with Crippen LogP contribution in [0.25, 0.3) is 0 Å². The molecule has 1 aromatic heterocycles. The summed E-state index contributed by atoms with van der Waals surface area (Å²) in [7, 11) is 1.66. The van der Waals surface area contributed by atoms with Crippen LogP contribution in [-0.2, 0) is 20.7 Å². The Balaban J connectivity index is 1.79. The predicted octanol–water partition coefficient (Wildman–Crippen LogP) is 4.28. The normalized spacial score (nSPS) is 15.7. The summed E-state index contributed by atoms with van der Waals surface area (Å²) in [6.07, 6.45) is 3.92. The highest BCUT2D eigenvalue weighted by atomic mass is 32.1. The molecule has 0 saturated carbocycles. The minimum absolute atomic E-state index is 0.0166. The average Bonchev–Trinajstić information content (AvgIpc) is 3.25. The van der Waals surface area contributed by atoms with Gasteiger partial charge in [-0.1, -0.05) is 43.7 Å². The Morgan fingerprint density at radius 1 is 1.20 bits per heavy atom. The van der Waals surface area contributed by atoms with Gasteiger partial charge in [0, 0.05) is 38.1 Å². The van der Waals surface area contributed by atoms with E-state index in [1.807, 2.05) is 23.1 Å². The molecule has 2 heterocycles. The first kappa shape index (κ1) is 22.5. The summed E-state index contributed by atoms with van der Waals surface area (Å²) < 4.78 is 5.15. The molecule has 3 rings (SSSR count). The van der Waals surface area contributed by atoms with Gasteiger partial charge in [0.15, 0.2) is 0 Å². The van der Waals surface area contributed by atoms with E-state index in [2.05, 4.69) is 30.5 Å². The molecular weight excluding hydrogens is 396 g/mol. The SMILES string of the molecule is CCCCC(=O)N(CCCOC)CC(=O)N1CCc2sccc2[C@H]1c1ccccc1. The van der Waals surface area contributed by atoms with E-state index in [-0.39, 0.29) is 24.4 Å². The van der Waals surface area contributed by atoms with E-state index in [0.29, 0.717) is 26.1 Å². The number of ether oxygens (including phenoxy) is 1. The van der Waals surface area contributed by atoms with E-state index in [1.165, 1.54) is 10.4 Å². The van der Waals surface area contributed by atoms with Crippen molar-refractivity contribution in [2.45, 2.75) is 45.1 Å². The van der Waals surface area contributed by atoms with Crippen LogP contribution in [0.2, 0.25) is 0 Å². The quantitative estimate of drug-likeness (QED) is 0.531. The van der Waals surface area contributed by atoms with E-state index in [1.54, 1.807) is 23.3 Å². The maximum Gasteiger partial charge on any atom is 0.242 e. The van der Waals surface area contributed by atoms with Crippen molar-refractivity contribution in [3.63, 3.8) is 0 Å². The maximum absolute atomic E-state index is 13.4. The van der Waals surface area contributed by atoms with Crippen LogP contribution in [0.3, 0.4) is 0 Å². The highest BCUT2D eigenvalue weighted by Gasteiger charge is 2.33. The molecule has 1 aliphatic rings. The van der Waals surface area contributed by atoms with Gasteiger partial charge in [0.1, 0.15) is 0 Å². The molecule has 30 heavy (non-hydrogen) atoms. The third kappa shape index (κ3) is 5.49. The lowest BCUT2D eigenvalue weighted by Crippen LogP contribution is -2.47. The zero-order valence-corrected chi connectivity index (χ0v) is 18.8. The molecule has 1 aliphatic heterocycles. The van der Waals surface area contributed by atoms with Crippen LogP contribution in [0.4, 0.5) is 0 Å². The maximum atomic E-state index is 13.4. The molecule has 0 aliphatic carbocycles. The first-order valence-electron chi connectivity index (χ1n) is 10.8. The van der Waals surface area contributed by atoms with Crippen LogP contribution in [0.5, 0.6) is 0 Å². The second kappa shape index (κ2) is 11.3. The topological polar surface area (TPSA) is 49.9 Å². The average molecular weight is 429 g/mol. The van der Waals surface area contributed by atoms with Crippen molar-refractivity contribution in [3.8, 4) is 0 Å². The van der Waals surface area contributed by atoms with Gasteiger partial charge < -0.3 is 14.5 Å². The monoisotopic (exact) mass is 428 g/mol. The lowest BCUT2D eigenvalue weighted by atomic mass is 9.93. The summed E-state index contributed by atoms with van der Waals surface area (Å²) in [5.41, 5.74) is 2.34. The van der Waals surface area contributed by atoms with Crippen molar-refractivity contribution in [1.82, 2.24) is 9.80 Å². The van der Waals surface area contributed by atoms with Gasteiger partial charge in [0.2, 0.25) is 11.8 Å². The van der Waals surface area contributed by atoms with E-state index in [0.717, 1.165) is 31.2 Å². The van der Waals surface area contributed by atoms with Crippen molar-refractivity contribution in [2.24, 2.45) is 0 Å². The Morgan fingerprint density at radius 3 is 2.73 bits per heavy atom. The van der Waals surface area contributed by atoms with Gasteiger partial charge in [0.25, 0.3) is 0 Å². The number of carbonyl (C=O) groups excluding carboxylic acids is 2. The number of rotatable bonds is 10. The first-order valence-corrected chi connectivity index (χ1v) is 11.7. The number of unbranched alkanes of at least 4 members (excludes halogenated alkanes) is 1. The predicted molar refractivity (Wildman–Crippen MR) is 121 cm³/mol. The molecule has 6 heteroatoms. The molecule has 0 spiro atoms. The molecule has 0 unspecified atom stereocenters. The number of methoxy groups -OCH3 is 1. The summed E-state index contributed by atoms with van der Waals surface area (Å²) in [4.78, 5) is 31.2. The first-order chi connectivity index (χ1) is 14.7.